The molecule has 170 valence electrons. The first-order valence-electron chi connectivity index (χ1n) is 12.7. The van der Waals surface area contributed by atoms with Gasteiger partial charge in [0.05, 0.1) is 6.61 Å². The van der Waals surface area contributed by atoms with Crippen LogP contribution < -0.4 is 4.74 Å². The molecule has 0 bridgehead atoms. The van der Waals surface area contributed by atoms with Gasteiger partial charge in [0.2, 0.25) is 0 Å². The van der Waals surface area contributed by atoms with E-state index in [0.717, 1.165) is 12.4 Å². The number of epoxide rings is 1. The van der Waals surface area contributed by atoms with Gasteiger partial charge in [-0.15, -0.1) is 0 Å². The second-order valence-corrected chi connectivity index (χ2v) is 9.36. The predicted molar refractivity (Wildman–Crippen MR) is 129 cm³/mol. The lowest BCUT2D eigenvalue weighted by Crippen LogP contribution is -2.16. The monoisotopic (exact) mass is 414 g/mol. The van der Waals surface area contributed by atoms with Crippen molar-refractivity contribution >= 4 is 0 Å². The lowest BCUT2D eigenvalue weighted by molar-refractivity contribution is 0.202. The summed E-state index contributed by atoms with van der Waals surface area (Å²) in [5.74, 6) is 0.957. The Labute approximate surface area is 186 Å². The highest BCUT2D eigenvalue weighted by atomic mass is 16.6. The maximum Gasteiger partial charge on any atom is 0.123 e. The summed E-state index contributed by atoms with van der Waals surface area (Å²) in [4.78, 5) is 0. The third kappa shape index (κ3) is 12.4. The van der Waals surface area contributed by atoms with Crippen molar-refractivity contribution in [2.24, 2.45) is 0 Å². The van der Waals surface area contributed by atoms with Gasteiger partial charge in [-0.05, 0) is 56.7 Å². The van der Waals surface area contributed by atoms with E-state index in [9.17, 15) is 0 Å². The van der Waals surface area contributed by atoms with Crippen LogP contribution in [0, 0.1) is 0 Å². The Morgan fingerprint density at radius 1 is 0.800 bits per heavy atom. The Hall–Kier alpha value is -1.28. The van der Waals surface area contributed by atoms with E-state index in [1.807, 2.05) is 0 Å². The van der Waals surface area contributed by atoms with E-state index in [4.69, 9.17) is 9.47 Å². The summed E-state index contributed by atoms with van der Waals surface area (Å²) in [7, 11) is 0. The molecule has 2 nitrogen and oxygen atoms in total. The number of hydrogen-bond acceptors (Lipinski definition) is 2. The fraction of sp³-hybridized carbons (Fsp3) is 0.714. The first kappa shape index (κ1) is 25.0. The van der Waals surface area contributed by atoms with Crippen molar-refractivity contribution in [3.05, 3.63) is 42.0 Å². The van der Waals surface area contributed by atoms with E-state index in [1.165, 1.54) is 102 Å². The van der Waals surface area contributed by atoms with Crippen LogP contribution in [0.2, 0.25) is 0 Å². The second kappa shape index (κ2) is 15.5. The molecule has 0 spiro atoms. The van der Waals surface area contributed by atoms with Gasteiger partial charge in [0.25, 0.3) is 0 Å². The molecule has 1 aliphatic heterocycles. The predicted octanol–water partition coefficient (Wildman–Crippen LogP) is 8.43. The molecule has 0 N–H and O–H groups in total. The fourth-order valence-electron chi connectivity index (χ4n) is 3.76. The highest BCUT2D eigenvalue weighted by Crippen LogP contribution is 2.27. The smallest absolute Gasteiger partial charge is 0.123 e. The third-order valence-electron chi connectivity index (χ3n) is 6.08. The van der Waals surface area contributed by atoms with Crippen LogP contribution in [-0.4, -0.2) is 18.8 Å². The van der Waals surface area contributed by atoms with E-state index in [0.29, 0.717) is 6.61 Å². The van der Waals surface area contributed by atoms with Crippen LogP contribution in [-0.2, 0) is 11.2 Å². The highest BCUT2D eigenvalue weighted by Gasteiger charge is 2.40. The molecule has 2 rings (SSSR count). The van der Waals surface area contributed by atoms with Gasteiger partial charge in [-0.25, -0.2) is 0 Å². The number of rotatable bonds is 19. The van der Waals surface area contributed by atoms with Gasteiger partial charge in [-0.2, -0.15) is 0 Å². The standard InChI is InChI=1S/C28H46O2/c1-3-4-5-6-7-8-9-10-11-12-13-14-15-16-17-18-19-26-20-22-27(23-21-26)29-24-28(2)25-30-28/h6-7,20-23H,3-5,8-19,24-25H2,1-2H3/b7-6+. The summed E-state index contributed by atoms with van der Waals surface area (Å²) in [5, 5.41) is 0. The molecule has 0 aliphatic carbocycles. The van der Waals surface area contributed by atoms with Crippen molar-refractivity contribution in [3.63, 3.8) is 0 Å². The van der Waals surface area contributed by atoms with Crippen LogP contribution in [0.3, 0.4) is 0 Å². The third-order valence-corrected chi connectivity index (χ3v) is 6.08. The first-order valence-corrected chi connectivity index (χ1v) is 12.7. The molecule has 1 aromatic carbocycles. The van der Waals surface area contributed by atoms with Gasteiger partial charge in [-0.1, -0.05) is 95.4 Å². The second-order valence-electron chi connectivity index (χ2n) is 9.36. The van der Waals surface area contributed by atoms with Crippen LogP contribution >= 0.6 is 0 Å². The first-order chi connectivity index (χ1) is 14.7. The summed E-state index contributed by atoms with van der Waals surface area (Å²) < 4.78 is 11.1. The molecular formula is C28H46O2. The average molecular weight is 415 g/mol. The minimum absolute atomic E-state index is 0.0379. The van der Waals surface area contributed by atoms with Gasteiger partial charge in [-0.3, -0.25) is 0 Å². The van der Waals surface area contributed by atoms with Crippen LogP contribution in [0.1, 0.15) is 109 Å². The highest BCUT2D eigenvalue weighted by molar-refractivity contribution is 5.27. The van der Waals surface area contributed by atoms with E-state index in [1.54, 1.807) is 0 Å². The van der Waals surface area contributed by atoms with E-state index < -0.39 is 0 Å². The van der Waals surface area contributed by atoms with E-state index >= 15 is 0 Å². The lowest BCUT2D eigenvalue weighted by atomic mass is 10.0. The van der Waals surface area contributed by atoms with Crippen LogP contribution in [0.25, 0.3) is 0 Å². The maximum atomic E-state index is 5.79. The van der Waals surface area contributed by atoms with Gasteiger partial charge in [0, 0.05) is 0 Å². The summed E-state index contributed by atoms with van der Waals surface area (Å²) in [6, 6.07) is 8.63. The number of hydrogen-bond donors (Lipinski definition) is 0. The van der Waals surface area contributed by atoms with Crippen molar-refractivity contribution in [2.75, 3.05) is 13.2 Å². The number of ether oxygens (including phenoxy) is 2. The molecule has 1 aromatic rings. The normalized spacial score (nSPS) is 18.2. The summed E-state index contributed by atoms with van der Waals surface area (Å²) in [6.07, 6.45) is 25.1. The van der Waals surface area contributed by atoms with Crippen LogP contribution in [0.5, 0.6) is 5.75 Å². The Balaban J connectivity index is 1.33. The van der Waals surface area contributed by atoms with Gasteiger partial charge >= 0.3 is 0 Å². The topological polar surface area (TPSA) is 21.8 Å². The molecule has 30 heavy (non-hydrogen) atoms. The van der Waals surface area contributed by atoms with E-state index in [2.05, 4.69) is 50.3 Å². The van der Waals surface area contributed by atoms with E-state index in [-0.39, 0.29) is 5.60 Å². The van der Waals surface area contributed by atoms with Crippen LogP contribution in [0.15, 0.2) is 36.4 Å². The van der Waals surface area contributed by atoms with Crippen molar-refractivity contribution in [2.45, 2.75) is 116 Å². The Morgan fingerprint density at radius 2 is 1.33 bits per heavy atom. The molecular weight excluding hydrogens is 368 g/mol. The zero-order valence-corrected chi connectivity index (χ0v) is 19.8. The van der Waals surface area contributed by atoms with Crippen molar-refractivity contribution in [1.82, 2.24) is 0 Å². The molecule has 0 amide bonds. The van der Waals surface area contributed by atoms with Gasteiger partial charge in [0.15, 0.2) is 0 Å². The van der Waals surface area contributed by atoms with Crippen LogP contribution in [0.4, 0.5) is 0 Å². The van der Waals surface area contributed by atoms with Gasteiger partial charge < -0.3 is 9.47 Å². The number of benzene rings is 1. The minimum atomic E-state index is -0.0379. The molecule has 0 saturated carbocycles. The Bertz CT molecular complexity index is 557. The zero-order valence-electron chi connectivity index (χ0n) is 19.8. The maximum absolute atomic E-state index is 5.79. The van der Waals surface area contributed by atoms with Gasteiger partial charge in [0.1, 0.15) is 18.0 Å². The Kier molecular flexibility index (Phi) is 12.9. The average Bonchev–Trinajstić information content (AvgIpc) is 3.50. The molecule has 0 radical (unpaired) electrons. The number of aryl methyl sites for hydroxylation is 1. The number of unbranched alkanes of at least 4 members (excludes halogenated alkanes) is 12. The Morgan fingerprint density at radius 3 is 1.90 bits per heavy atom. The lowest BCUT2D eigenvalue weighted by Gasteiger charge is -2.09. The SMILES string of the molecule is CCCC/C=C/CCCCCCCCCCCCc1ccc(OCC2(C)CO2)cc1. The molecule has 1 fully saturated rings. The quantitative estimate of drug-likeness (QED) is 0.129. The molecule has 2 heteroatoms. The molecule has 1 unspecified atom stereocenters. The van der Waals surface area contributed by atoms with Crippen molar-refractivity contribution < 1.29 is 9.47 Å². The largest absolute Gasteiger partial charge is 0.491 e. The molecule has 1 atom stereocenters. The molecule has 0 aromatic heterocycles. The van der Waals surface area contributed by atoms with Crippen molar-refractivity contribution in [3.8, 4) is 5.75 Å². The molecule has 1 aliphatic rings. The zero-order chi connectivity index (χ0) is 21.3. The molecule has 1 saturated heterocycles. The molecule has 1 heterocycles. The fourth-order valence-corrected chi connectivity index (χ4v) is 3.76. The summed E-state index contributed by atoms with van der Waals surface area (Å²) in [5.41, 5.74) is 1.39. The number of allylic oxidation sites excluding steroid dienone is 2. The minimum Gasteiger partial charge on any atom is -0.491 e. The summed E-state index contributed by atoms with van der Waals surface area (Å²) >= 11 is 0. The van der Waals surface area contributed by atoms with Crippen molar-refractivity contribution in [1.29, 1.82) is 0 Å². The summed E-state index contributed by atoms with van der Waals surface area (Å²) in [6.45, 7) is 5.83.